The van der Waals surface area contributed by atoms with Crippen LogP contribution in [0.5, 0.6) is 0 Å². The third kappa shape index (κ3) is 3.05. The predicted octanol–water partition coefficient (Wildman–Crippen LogP) is 3.74. The van der Waals surface area contributed by atoms with Crippen molar-refractivity contribution in [3.05, 3.63) is 33.8 Å². The van der Waals surface area contributed by atoms with E-state index >= 15 is 0 Å². The topological polar surface area (TPSA) is 26.3 Å². The van der Waals surface area contributed by atoms with Gasteiger partial charge in [0.2, 0.25) is 0 Å². The Morgan fingerprint density at radius 3 is 2.50 bits per heavy atom. The van der Waals surface area contributed by atoms with Crippen LogP contribution < -0.4 is 0 Å². The van der Waals surface area contributed by atoms with E-state index in [9.17, 15) is 4.79 Å². The van der Waals surface area contributed by atoms with Crippen LogP contribution in [0.4, 0.5) is 0 Å². The van der Waals surface area contributed by atoms with Gasteiger partial charge in [0.15, 0.2) is 5.56 Å². The van der Waals surface area contributed by atoms with Crippen LogP contribution in [0.1, 0.15) is 17.3 Å². The summed E-state index contributed by atoms with van der Waals surface area (Å²) >= 11 is 16.9. The minimum Gasteiger partial charge on any atom is -0.443 e. The molecular weight excluding hydrogens is 246 g/mol. The molecule has 0 aromatic heterocycles. The molecule has 0 fully saturated rings. The van der Waals surface area contributed by atoms with E-state index in [2.05, 4.69) is 0 Å². The average Bonchev–Trinajstić information content (AvgIpc) is 2.08. The lowest BCUT2D eigenvalue weighted by Gasteiger charge is -2.06. The number of rotatable bonds is 2. The third-order valence-electron chi connectivity index (χ3n) is 1.42. The molecule has 1 aromatic rings. The Bertz CT molecular complexity index is 350. The zero-order valence-electron chi connectivity index (χ0n) is 7.26. The first-order chi connectivity index (χ1) is 6.50. The number of benzene rings is 1. The molecule has 0 saturated heterocycles. The molecule has 0 aliphatic heterocycles. The highest BCUT2D eigenvalue weighted by Crippen LogP contribution is 2.23. The normalized spacial score (nSPS) is 12.3. The number of carbonyl (C=O) groups excluding carboxylic acids is 1. The quantitative estimate of drug-likeness (QED) is 0.593. The molecule has 0 heterocycles. The Labute approximate surface area is 96.7 Å². The van der Waals surface area contributed by atoms with Crippen LogP contribution in [0.25, 0.3) is 0 Å². The summed E-state index contributed by atoms with van der Waals surface area (Å²) in [7, 11) is 0. The van der Waals surface area contributed by atoms with Crippen molar-refractivity contribution in [3.8, 4) is 0 Å². The second kappa shape index (κ2) is 4.87. The Balaban J connectivity index is 2.86. The molecule has 1 atom stereocenters. The number of esters is 1. The third-order valence-corrected chi connectivity index (χ3v) is 2.25. The highest BCUT2D eigenvalue weighted by Gasteiger charge is 2.11. The second-order valence-corrected chi connectivity index (χ2v) is 4.01. The van der Waals surface area contributed by atoms with Crippen molar-refractivity contribution in [1.29, 1.82) is 0 Å². The van der Waals surface area contributed by atoms with Crippen molar-refractivity contribution in [2.45, 2.75) is 12.5 Å². The van der Waals surface area contributed by atoms with Crippen molar-refractivity contribution < 1.29 is 9.53 Å². The highest BCUT2D eigenvalue weighted by atomic mass is 35.5. The minimum atomic E-state index is -0.669. The van der Waals surface area contributed by atoms with E-state index in [0.717, 1.165) is 0 Å². The molecule has 0 N–H and O–H groups in total. The van der Waals surface area contributed by atoms with Gasteiger partial charge in [0.05, 0.1) is 15.6 Å². The van der Waals surface area contributed by atoms with Crippen molar-refractivity contribution in [1.82, 2.24) is 0 Å². The Kier molecular flexibility index (Phi) is 4.05. The average molecular weight is 254 g/mol. The lowest BCUT2D eigenvalue weighted by molar-refractivity contribution is 0.0472. The van der Waals surface area contributed by atoms with Crippen molar-refractivity contribution in [2.24, 2.45) is 0 Å². The molecule has 0 bridgehead atoms. The SMILES string of the molecule is CC(Cl)OC(=O)c1ccc(Cl)c(Cl)c1. The highest BCUT2D eigenvalue weighted by molar-refractivity contribution is 6.42. The summed E-state index contributed by atoms with van der Waals surface area (Å²) in [6.45, 7) is 1.55. The maximum absolute atomic E-state index is 11.3. The van der Waals surface area contributed by atoms with E-state index in [0.29, 0.717) is 15.6 Å². The van der Waals surface area contributed by atoms with Crippen LogP contribution >= 0.6 is 34.8 Å². The largest absolute Gasteiger partial charge is 0.443 e. The molecule has 0 radical (unpaired) electrons. The van der Waals surface area contributed by atoms with Gasteiger partial charge in [-0.25, -0.2) is 4.79 Å². The molecule has 0 amide bonds. The molecule has 0 spiro atoms. The van der Waals surface area contributed by atoms with Crippen LogP contribution in [-0.4, -0.2) is 11.5 Å². The van der Waals surface area contributed by atoms with Gasteiger partial charge in [0.1, 0.15) is 0 Å². The summed E-state index contributed by atoms with van der Waals surface area (Å²) in [6.07, 6.45) is 0. The maximum Gasteiger partial charge on any atom is 0.339 e. The second-order valence-electron chi connectivity index (χ2n) is 2.58. The van der Waals surface area contributed by atoms with E-state index in [4.69, 9.17) is 39.5 Å². The first-order valence-corrected chi connectivity index (χ1v) is 5.00. The molecule has 0 saturated carbocycles. The number of hydrogen-bond donors (Lipinski definition) is 0. The summed E-state index contributed by atoms with van der Waals surface area (Å²) < 4.78 is 4.76. The smallest absolute Gasteiger partial charge is 0.339 e. The van der Waals surface area contributed by atoms with Crippen LogP contribution in [0.15, 0.2) is 18.2 Å². The maximum atomic E-state index is 11.3. The van der Waals surface area contributed by atoms with Gasteiger partial charge < -0.3 is 4.74 Å². The van der Waals surface area contributed by atoms with E-state index in [1.165, 1.54) is 18.2 Å². The number of halogens is 3. The first-order valence-electron chi connectivity index (χ1n) is 3.81. The predicted molar refractivity (Wildman–Crippen MR) is 57.2 cm³/mol. The molecule has 1 aromatic carbocycles. The first kappa shape index (κ1) is 11.6. The molecule has 2 nitrogen and oxygen atoms in total. The monoisotopic (exact) mass is 252 g/mol. The van der Waals surface area contributed by atoms with Gasteiger partial charge in [-0.2, -0.15) is 0 Å². The minimum absolute atomic E-state index is 0.309. The molecule has 5 heteroatoms. The van der Waals surface area contributed by atoms with Crippen molar-refractivity contribution in [3.63, 3.8) is 0 Å². The summed E-state index contributed by atoms with van der Waals surface area (Å²) in [5.41, 5.74) is -0.344. The van der Waals surface area contributed by atoms with Gasteiger partial charge in [-0.15, -0.1) is 0 Å². The van der Waals surface area contributed by atoms with Gasteiger partial charge in [0.25, 0.3) is 0 Å². The van der Waals surface area contributed by atoms with E-state index in [1.54, 1.807) is 6.92 Å². The van der Waals surface area contributed by atoms with Crippen molar-refractivity contribution in [2.75, 3.05) is 0 Å². The van der Waals surface area contributed by atoms with E-state index < -0.39 is 11.5 Å². The number of hydrogen-bond acceptors (Lipinski definition) is 2. The Morgan fingerprint density at radius 1 is 1.36 bits per heavy atom. The van der Waals surface area contributed by atoms with Gasteiger partial charge in [-0.3, -0.25) is 0 Å². The zero-order valence-corrected chi connectivity index (χ0v) is 9.53. The van der Waals surface area contributed by atoms with E-state index in [-0.39, 0.29) is 0 Å². The van der Waals surface area contributed by atoms with Gasteiger partial charge in [0, 0.05) is 0 Å². The molecule has 0 aliphatic carbocycles. The fraction of sp³-hybridized carbons (Fsp3) is 0.222. The van der Waals surface area contributed by atoms with Crippen molar-refractivity contribution >= 4 is 40.8 Å². The van der Waals surface area contributed by atoms with Gasteiger partial charge >= 0.3 is 5.97 Å². The van der Waals surface area contributed by atoms with Crippen LogP contribution in [0.2, 0.25) is 10.0 Å². The Morgan fingerprint density at radius 2 is 2.00 bits per heavy atom. The van der Waals surface area contributed by atoms with Crippen LogP contribution in [0, 0.1) is 0 Å². The fourth-order valence-electron chi connectivity index (χ4n) is 0.839. The summed E-state index contributed by atoms with van der Waals surface area (Å²) in [4.78, 5) is 11.3. The standard InChI is InChI=1S/C9H7Cl3O2/c1-5(10)14-9(13)6-2-3-7(11)8(12)4-6/h2-5H,1H3. The molecule has 0 aliphatic rings. The lowest BCUT2D eigenvalue weighted by atomic mass is 10.2. The lowest BCUT2D eigenvalue weighted by Crippen LogP contribution is -2.09. The molecule has 1 rings (SSSR count). The molecule has 1 unspecified atom stereocenters. The Hall–Kier alpha value is -0.440. The number of alkyl halides is 1. The molecule has 76 valence electrons. The summed E-state index contributed by atoms with van der Waals surface area (Å²) in [6, 6.07) is 4.49. The summed E-state index contributed by atoms with van der Waals surface area (Å²) in [5, 5.41) is 0.700. The van der Waals surface area contributed by atoms with Crippen LogP contribution in [-0.2, 0) is 4.74 Å². The fourth-order valence-corrected chi connectivity index (χ4v) is 1.22. The van der Waals surface area contributed by atoms with Crippen LogP contribution in [0.3, 0.4) is 0 Å². The zero-order chi connectivity index (χ0) is 10.7. The summed E-state index contributed by atoms with van der Waals surface area (Å²) in [5.74, 6) is -0.522. The van der Waals surface area contributed by atoms with E-state index in [1.807, 2.05) is 0 Å². The number of ether oxygens (including phenoxy) is 1. The molecule has 14 heavy (non-hydrogen) atoms. The van der Waals surface area contributed by atoms with Gasteiger partial charge in [-0.1, -0.05) is 34.8 Å². The van der Waals surface area contributed by atoms with Gasteiger partial charge in [-0.05, 0) is 25.1 Å². The molecular formula is C9H7Cl3O2. The number of carbonyl (C=O) groups is 1.